The van der Waals surface area contributed by atoms with Gasteiger partial charge >= 0.3 is 12.0 Å². The van der Waals surface area contributed by atoms with Gasteiger partial charge in [0.15, 0.2) is 0 Å². The maximum atomic E-state index is 12.9. The zero-order valence-electron chi connectivity index (χ0n) is 18.0. The smallest absolute Gasteiger partial charge is 0.338 e. The van der Waals surface area contributed by atoms with E-state index in [2.05, 4.69) is 39.8 Å². The molecule has 2 amide bonds. The molecule has 7 heteroatoms. The number of rotatable bonds is 6. The predicted octanol–water partition coefficient (Wildman–Crippen LogP) is 3.64. The Kier molecular flexibility index (Phi) is 6.42. The van der Waals surface area contributed by atoms with Gasteiger partial charge in [-0.1, -0.05) is 30.3 Å². The Morgan fingerprint density at radius 2 is 1.90 bits per heavy atom. The molecule has 1 atom stereocenters. The second-order valence-electron chi connectivity index (χ2n) is 8.05. The van der Waals surface area contributed by atoms with Crippen molar-refractivity contribution in [3.63, 3.8) is 0 Å². The summed E-state index contributed by atoms with van der Waals surface area (Å²) in [6.07, 6.45) is 2.08. The number of aryl methyl sites for hydroxylation is 1. The number of esters is 1. The molecular formula is C24H29N3O4. The number of furan rings is 1. The number of likely N-dealkylation sites (tertiary alicyclic amines) is 1. The van der Waals surface area contributed by atoms with Gasteiger partial charge in [0.25, 0.3) is 0 Å². The summed E-state index contributed by atoms with van der Waals surface area (Å²) in [5.41, 5.74) is 2.36. The maximum absolute atomic E-state index is 12.9. The molecular weight excluding hydrogens is 394 g/mol. The van der Waals surface area contributed by atoms with Crippen molar-refractivity contribution in [1.29, 1.82) is 0 Å². The molecule has 0 bridgehead atoms. The summed E-state index contributed by atoms with van der Waals surface area (Å²) in [6.45, 7) is 6.14. The fourth-order valence-corrected chi connectivity index (χ4v) is 4.39. The number of hydrogen-bond acceptors (Lipinski definition) is 5. The summed E-state index contributed by atoms with van der Waals surface area (Å²) < 4.78 is 11.1. The Bertz CT molecular complexity index is 958. The largest absolute Gasteiger partial charge is 0.464 e. The van der Waals surface area contributed by atoms with Crippen molar-refractivity contribution >= 4 is 12.0 Å². The lowest BCUT2D eigenvalue weighted by atomic mass is 9.89. The van der Waals surface area contributed by atoms with Crippen molar-refractivity contribution in [3.05, 3.63) is 70.8 Å². The first kappa shape index (κ1) is 21.2. The summed E-state index contributed by atoms with van der Waals surface area (Å²) in [5, 5.41) is 5.66. The number of nitrogens with one attached hydrogen (secondary N) is 2. The standard InChI is InChI=1S/C24H29N3O4/c1-3-30-23(28)21-19(25-24(29)26-22(21)20-10-9-16(2)31-20)15-27-13-11-18(12-14-27)17-7-5-4-6-8-17/h4-10,18,22H,3,11-15H2,1-2H3,(H2,25,26,29). The van der Waals surface area contributed by atoms with Crippen molar-refractivity contribution in [3.8, 4) is 0 Å². The van der Waals surface area contributed by atoms with Gasteiger partial charge in [0.2, 0.25) is 0 Å². The lowest BCUT2D eigenvalue weighted by Gasteiger charge is -2.35. The number of hydrogen-bond donors (Lipinski definition) is 2. The Labute approximate surface area is 182 Å². The normalized spacial score (nSPS) is 20.3. The molecule has 2 N–H and O–H groups in total. The molecule has 1 unspecified atom stereocenters. The van der Waals surface area contributed by atoms with Crippen LogP contribution in [0.2, 0.25) is 0 Å². The van der Waals surface area contributed by atoms with Gasteiger partial charge in [0.1, 0.15) is 17.6 Å². The Morgan fingerprint density at radius 3 is 2.55 bits per heavy atom. The fraction of sp³-hybridized carbons (Fsp3) is 0.417. The van der Waals surface area contributed by atoms with Crippen molar-refractivity contribution in [2.75, 3.05) is 26.2 Å². The summed E-state index contributed by atoms with van der Waals surface area (Å²) in [7, 11) is 0. The fourth-order valence-electron chi connectivity index (χ4n) is 4.39. The van der Waals surface area contributed by atoms with Crippen LogP contribution in [0.15, 0.2) is 58.2 Å². The summed E-state index contributed by atoms with van der Waals surface area (Å²) in [5.74, 6) is 1.34. The van der Waals surface area contributed by atoms with Crippen LogP contribution in [0.4, 0.5) is 4.79 Å². The molecule has 2 aliphatic heterocycles. The first-order valence-corrected chi connectivity index (χ1v) is 10.9. The van der Waals surface area contributed by atoms with Crippen LogP contribution < -0.4 is 10.6 Å². The van der Waals surface area contributed by atoms with Crippen LogP contribution in [-0.4, -0.2) is 43.1 Å². The second kappa shape index (κ2) is 9.39. The number of benzene rings is 1. The van der Waals surface area contributed by atoms with E-state index in [-0.39, 0.29) is 12.6 Å². The van der Waals surface area contributed by atoms with E-state index in [9.17, 15) is 9.59 Å². The number of carbonyl (C=O) groups is 2. The number of nitrogens with zero attached hydrogens (tertiary/aromatic N) is 1. The lowest BCUT2D eigenvalue weighted by molar-refractivity contribution is -0.139. The molecule has 1 fully saturated rings. The van der Waals surface area contributed by atoms with E-state index in [1.807, 2.05) is 19.1 Å². The van der Waals surface area contributed by atoms with Crippen LogP contribution in [0, 0.1) is 6.92 Å². The molecule has 1 saturated heterocycles. The van der Waals surface area contributed by atoms with Crippen molar-refractivity contribution in [2.45, 2.75) is 38.6 Å². The van der Waals surface area contributed by atoms with E-state index in [4.69, 9.17) is 9.15 Å². The number of carbonyl (C=O) groups excluding carboxylic acids is 2. The van der Waals surface area contributed by atoms with E-state index in [1.54, 1.807) is 13.0 Å². The first-order chi connectivity index (χ1) is 15.0. The molecule has 0 radical (unpaired) electrons. The Hall–Kier alpha value is -3.06. The summed E-state index contributed by atoms with van der Waals surface area (Å²) >= 11 is 0. The Balaban J connectivity index is 1.54. The number of piperidine rings is 1. The third kappa shape index (κ3) is 4.82. The molecule has 3 heterocycles. The number of ether oxygens (including phenoxy) is 1. The first-order valence-electron chi connectivity index (χ1n) is 10.9. The minimum Gasteiger partial charge on any atom is -0.464 e. The van der Waals surface area contributed by atoms with E-state index in [1.165, 1.54) is 5.56 Å². The van der Waals surface area contributed by atoms with Crippen molar-refractivity contribution < 1.29 is 18.7 Å². The highest BCUT2D eigenvalue weighted by Gasteiger charge is 2.36. The topological polar surface area (TPSA) is 83.8 Å². The van der Waals surface area contributed by atoms with Crippen LogP contribution >= 0.6 is 0 Å². The van der Waals surface area contributed by atoms with Crippen LogP contribution in [0.5, 0.6) is 0 Å². The van der Waals surface area contributed by atoms with Gasteiger partial charge in [0, 0.05) is 12.2 Å². The van der Waals surface area contributed by atoms with Gasteiger partial charge in [-0.15, -0.1) is 0 Å². The van der Waals surface area contributed by atoms with E-state index >= 15 is 0 Å². The molecule has 1 aromatic heterocycles. The predicted molar refractivity (Wildman–Crippen MR) is 116 cm³/mol. The number of urea groups is 1. The highest BCUT2D eigenvalue weighted by molar-refractivity contribution is 5.95. The van der Waals surface area contributed by atoms with Crippen LogP contribution in [0.25, 0.3) is 0 Å². The van der Waals surface area contributed by atoms with Crippen LogP contribution in [0.1, 0.15) is 48.8 Å². The van der Waals surface area contributed by atoms with Crippen molar-refractivity contribution in [2.24, 2.45) is 0 Å². The van der Waals surface area contributed by atoms with Gasteiger partial charge in [-0.25, -0.2) is 9.59 Å². The molecule has 0 spiro atoms. The molecule has 2 aliphatic rings. The molecule has 7 nitrogen and oxygen atoms in total. The molecule has 164 valence electrons. The van der Waals surface area contributed by atoms with E-state index in [0.717, 1.165) is 31.7 Å². The van der Waals surface area contributed by atoms with Gasteiger partial charge in [0.05, 0.1) is 12.2 Å². The molecule has 0 saturated carbocycles. The molecule has 4 rings (SSSR count). The summed E-state index contributed by atoms with van der Waals surface area (Å²) in [4.78, 5) is 27.5. The minimum absolute atomic E-state index is 0.260. The van der Waals surface area contributed by atoms with Gasteiger partial charge in [-0.2, -0.15) is 0 Å². The monoisotopic (exact) mass is 423 g/mol. The minimum atomic E-state index is -0.668. The molecule has 2 aromatic rings. The van der Waals surface area contributed by atoms with Crippen molar-refractivity contribution in [1.82, 2.24) is 15.5 Å². The average Bonchev–Trinajstić information content (AvgIpc) is 3.21. The third-order valence-corrected chi connectivity index (χ3v) is 5.93. The number of amides is 2. The van der Waals surface area contributed by atoms with E-state index in [0.29, 0.717) is 29.5 Å². The van der Waals surface area contributed by atoms with Gasteiger partial charge in [-0.3, -0.25) is 4.90 Å². The maximum Gasteiger partial charge on any atom is 0.338 e. The highest BCUT2D eigenvalue weighted by Crippen LogP contribution is 2.31. The zero-order chi connectivity index (χ0) is 21.8. The van der Waals surface area contributed by atoms with E-state index < -0.39 is 12.0 Å². The second-order valence-corrected chi connectivity index (χ2v) is 8.05. The van der Waals surface area contributed by atoms with Gasteiger partial charge in [-0.05, 0) is 63.4 Å². The zero-order valence-corrected chi connectivity index (χ0v) is 18.0. The van der Waals surface area contributed by atoms with Crippen LogP contribution in [0.3, 0.4) is 0 Å². The molecule has 0 aliphatic carbocycles. The van der Waals surface area contributed by atoms with Gasteiger partial charge < -0.3 is 19.8 Å². The third-order valence-electron chi connectivity index (χ3n) is 5.93. The molecule has 1 aromatic carbocycles. The highest BCUT2D eigenvalue weighted by atomic mass is 16.5. The lowest BCUT2D eigenvalue weighted by Crippen LogP contribution is -2.49. The molecule has 31 heavy (non-hydrogen) atoms. The summed E-state index contributed by atoms with van der Waals surface area (Å²) in [6, 6.07) is 13.2. The SMILES string of the molecule is CCOC(=O)C1=C(CN2CCC(c3ccccc3)CC2)NC(=O)NC1c1ccc(C)o1. The average molecular weight is 424 g/mol. The van der Waals surface area contributed by atoms with Crippen LogP contribution in [-0.2, 0) is 9.53 Å². The Morgan fingerprint density at radius 1 is 1.16 bits per heavy atom. The quantitative estimate of drug-likeness (QED) is 0.693.